The minimum atomic E-state index is -0.392. The topological polar surface area (TPSA) is 71.1 Å². The monoisotopic (exact) mass is 355 g/mol. The highest BCUT2D eigenvalue weighted by atomic mass is 16.5. The number of hydrogen-bond donors (Lipinski definition) is 0. The maximum absolute atomic E-state index is 12.9. The van der Waals surface area contributed by atoms with Crippen LogP contribution in [0.3, 0.4) is 0 Å². The van der Waals surface area contributed by atoms with E-state index in [0.717, 1.165) is 42.0 Å². The molecule has 1 aliphatic heterocycles. The van der Waals surface area contributed by atoms with Crippen molar-refractivity contribution in [3.8, 4) is 5.69 Å². The van der Waals surface area contributed by atoms with Crippen LogP contribution in [0.2, 0.25) is 0 Å². The van der Waals surface area contributed by atoms with Crippen molar-refractivity contribution in [2.45, 2.75) is 53.5 Å². The summed E-state index contributed by atoms with van der Waals surface area (Å²) in [4.78, 5) is 11.6. The normalized spacial score (nSPS) is 13.8. The first-order valence-corrected chi connectivity index (χ1v) is 9.05. The molecule has 0 fully saturated rings. The Morgan fingerprint density at radius 3 is 2.69 bits per heavy atom. The van der Waals surface area contributed by atoms with E-state index >= 15 is 0 Å². The van der Waals surface area contributed by atoms with Gasteiger partial charge in [-0.25, -0.2) is 4.57 Å². The fourth-order valence-electron chi connectivity index (χ4n) is 3.66. The molecule has 2 heterocycles. The molecule has 0 N–H and O–H groups in total. The summed E-state index contributed by atoms with van der Waals surface area (Å²) >= 11 is 0. The Morgan fingerprint density at radius 2 is 2.04 bits per heavy atom. The van der Waals surface area contributed by atoms with Crippen LogP contribution in [-0.4, -0.2) is 22.4 Å². The van der Waals surface area contributed by atoms with Crippen molar-refractivity contribution in [1.82, 2.24) is 9.78 Å². The van der Waals surface area contributed by atoms with E-state index in [9.17, 15) is 9.90 Å². The Morgan fingerprint density at radius 1 is 1.35 bits per heavy atom. The number of benzene rings is 1. The number of ether oxygens (including phenoxy) is 1. The van der Waals surface area contributed by atoms with Gasteiger partial charge in [0.25, 0.3) is 11.6 Å². The molecule has 0 saturated carbocycles. The van der Waals surface area contributed by atoms with E-state index in [-0.39, 0.29) is 12.2 Å². The highest BCUT2D eigenvalue weighted by molar-refractivity contribution is 5.73. The van der Waals surface area contributed by atoms with E-state index < -0.39 is 5.97 Å². The van der Waals surface area contributed by atoms with E-state index in [2.05, 4.69) is 19.1 Å². The third-order valence-electron chi connectivity index (χ3n) is 4.59. The van der Waals surface area contributed by atoms with Crippen LogP contribution in [0.1, 0.15) is 48.1 Å². The standard InChI is InChI=1S/C20H25N3O3/c1-5-26-18(25)9-8-16(24)20-22-10-6-7-17(22)21-23(20)19-14(3)11-13(2)12-15(19)4/h8,11-12H,5-7,9-10H2,1-4H3/b16-8-. The summed E-state index contributed by atoms with van der Waals surface area (Å²) in [5.41, 5.74) is 4.26. The minimum absolute atomic E-state index is 0.0287. The summed E-state index contributed by atoms with van der Waals surface area (Å²) in [6.45, 7) is 8.95. The maximum Gasteiger partial charge on any atom is 0.309 e. The lowest BCUT2D eigenvalue weighted by molar-refractivity contribution is -0.696. The number of rotatable bonds is 5. The number of fused-ring (bicyclic) bond motifs is 1. The summed E-state index contributed by atoms with van der Waals surface area (Å²) in [5.74, 6) is 0.837. The molecule has 138 valence electrons. The molecule has 26 heavy (non-hydrogen) atoms. The van der Waals surface area contributed by atoms with Gasteiger partial charge < -0.3 is 9.84 Å². The van der Waals surface area contributed by atoms with Gasteiger partial charge in [0.1, 0.15) is 5.69 Å². The lowest BCUT2D eigenvalue weighted by Crippen LogP contribution is -2.38. The second-order valence-electron chi connectivity index (χ2n) is 6.73. The number of carbonyl (C=O) groups is 1. The highest BCUT2D eigenvalue weighted by Crippen LogP contribution is 2.24. The average Bonchev–Trinajstić information content (AvgIpc) is 3.13. The second-order valence-corrected chi connectivity index (χ2v) is 6.73. The van der Waals surface area contributed by atoms with Gasteiger partial charge in [0.15, 0.2) is 0 Å². The van der Waals surface area contributed by atoms with Crippen molar-refractivity contribution in [3.05, 3.63) is 46.5 Å². The SMILES string of the molecule is CCOC(=O)C/C=C(\[O-])c1n(-c2c(C)cc(C)cc2C)nc2[n+]1CCC2. The van der Waals surface area contributed by atoms with Crippen LogP contribution in [0, 0.1) is 20.8 Å². The summed E-state index contributed by atoms with van der Waals surface area (Å²) in [5, 5.41) is 17.6. The van der Waals surface area contributed by atoms with Gasteiger partial charge in [0, 0.05) is 11.5 Å². The summed E-state index contributed by atoms with van der Waals surface area (Å²) < 4.78 is 8.64. The van der Waals surface area contributed by atoms with E-state index in [1.165, 1.54) is 11.6 Å². The molecule has 0 aliphatic carbocycles. The Bertz CT molecular complexity index is 858. The van der Waals surface area contributed by atoms with Gasteiger partial charge in [-0.05, 0) is 51.0 Å². The van der Waals surface area contributed by atoms with Gasteiger partial charge >= 0.3 is 5.97 Å². The minimum Gasteiger partial charge on any atom is -0.868 e. The van der Waals surface area contributed by atoms with Crippen LogP contribution in [0.15, 0.2) is 18.2 Å². The first-order chi connectivity index (χ1) is 12.4. The predicted octanol–water partition coefficient (Wildman–Crippen LogP) is 1.69. The van der Waals surface area contributed by atoms with Crippen molar-refractivity contribution in [3.63, 3.8) is 0 Å². The van der Waals surface area contributed by atoms with Crippen LogP contribution >= 0.6 is 0 Å². The van der Waals surface area contributed by atoms with Crippen molar-refractivity contribution in [1.29, 1.82) is 0 Å². The number of hydrogen-bond acceptors (Lipinski definition) is 4. The van der Waals surface area contributed by atoms with E-state index in [1.807, 2.05) is 18.4 Å². The number of esters is 1. The van der Waals surface area contributed by atoms with E-state index in [1.54, 1.807) is 11.6 Å². The quantitative estimate of drug-likeness (QED) is 0.465. The first-order valence-electron chi connectivity index (χ1n) is 9.05. The van der Waals surface area contributed by atoms with Crippen molar-refractivity contribution in [2.75, 3.05) is 6.61 Å². The predicted molar refractivity (Wildman–Crippen MR) is 95.5 cm³/mol. The molecule has 1 aromatic heterocycles. The molecular formula is C20H25N3O3. The molecule has 1 aliphatic rings. The molecule has 0 unspecified atom stereocenters. The fourth-order valence-corrected chi connectivity index (χ4v) is 3.66. The lowest BCUT2D eigenvalue weighted by atomic mass is 10.1. The van der Waals surface area contributed by atoms with Crippen molar-refractivity contribution >= 4 is 11.7 Å². The lowest BCUT2D eigenvalue weighted by Gasteiger charge is -2.13. The highest BCUT2D eigenvalue weighted by Gasteiger charge is 2.31. The van der Waals surface area contributed by atoms with Crippen molar-refractivity contribution < 1.29 is 19.2 Å². The number of nitrogens with zero attached hydrogens (tertiary/aromatic N) is 3. The van der Waals surface area contributed by atoms with Gasteiger partial charge in [-0.3, -0.25) is 4.79 Å². The van der Waals surface area contributed by atoms with Gasteiger partial charge in [-0.15, -0.1) is 0 Å². The van der Waals surface area contributed by atoms with E-state index in [4.69, 9.17) is 9.84 Å². The van der Waals surface area contributed by atoms with Crippen LogP contribution in [0.4, 0.5) is 0 Å². The zero-order chi connectivity index (χ0) is 18.8. The second kappa shape index (κ2) is 7.32. The summed E-state index contributed by atoms with van der Waals surface area (Å²) in [6, 6.07) is 4.19. The van der Waals surface area contributed by atoms with Crippen LogP contribution in [0.25, 0.3) is 11.4 Å². The summed E-state index contributed by atoms with van der Waals surface area (Å²) in [7, 11) is 0. The zero-order valence-corrected chi connectivity index (χ0v) is 15.8. The average molecular weight is 355 g/mol. The Balaban J connectivity index is 2.09. The molecular weight excluding hydrogens is 330 g/mol. The van der Waals surface area contributed by atoms with Crippen LogP contribution in [-0.2, 0) is 22.5 Å². The first kappa shape index (κ1) is 18.2. The fraction of sp³-hybridized carbons (Fsp3) is 0.450. The zero-order valence-electron chi connectivity index (χ0n) is 15.8. The molecule has 0 spiro atoms. The molecule has 1 aromatic carbocycles. The number of carbonyl (C=O) groups excluding carboxylic acids is 1. The molecule has 6 nitrogen and oxygen atoms in total. The van der Waals surface area contributed by atoms with Gasteiger partial charge in [0.2, 0.25) is 0 Å². The molecule has 0 saturated heterocycles. The van der Waals surface area contributed by atoms with Crippen molar-refractivity contribution in [2.24, 2.45) is 0 Å². The molecule has 0 bridgehead atoms. The van der Waals surface area contributed by atoms with Gasteiger partial charge in [-0.2, -0.15) is 0 Å². The third kappa shape index (κ3) is 3.36. The molecule has 6 heteroatoms. The summed E-state index contributed by atoms with van der Waals surface area (Å²) in [6.07, 6.45) is 3.21. The van der Waals surface area contributed by atoms with Gasteiger partial charge in [-0.1, -0.05) is 28.5 Å². The third-order valence-corrected chi connectivity index (χ3v) is 4.59. The largest absolute Gasteiger partial charge is 0.868 e. The molecule has 3 rings (SSSR count). The maximum atomic E-state index is 12.9. The van der Waals surface area contributed by atoms with Crippen LogP contribution in [0.5, 0.6) is 0 Å². The van der Waals surface area contributed by atoms with Gasteiger partial charge in [0.05, 0.1) is 19.6 Å². The smallest absolute Gasteiger partial charge is 0.309 e. The Hall–Kier alpha value is -2.63. The Labute approximate surface area is 153 Å². The number of aromatic nitrogens is 3. The van der Waals surface area contributed by atoms with E-state index in [0.29, 0.717) is 12.4 Å². The Kier molecular flexibility index (Phi) is 5.11. The van der Waals surface area contributed by atoms with Crippen LogP contribution < -0.4 is 9.67 Å². The number of aryl methyl sites for hydroxylation is 4. The molecule has 2 aromatic rings. The molecule has 0 atom stereocenters. The molecule has 0 amide bonds. The molecule has 0 radical (unpaired) electrons.